The lowest BCUT2D eigenvalue weighted by Crippen LogP contribution is -2.40. The van der Waals surface area contributed by atoms with E-state index in [-0.39, 0.29) is 18.6 Å². The molecular weight excluding hydrogens is 216 g/mol. The van der Waals surface area contributed by atoms with Crippen LogP contribution in [0.5, 0.6) is 0 Å². The van der Waals surface area contributed by atoms with E-state index in [1.165, 1.54) is 0 Å². The van der Waals surface area contributed by atoms with E-state index in [0.29, 0.717) is 6.54 Å². The molecule has 1 amide bonds. The van der Waals surface area contributed by atoms with Gasteiger partial charge in [-0.25, -0.2) is 0 Å². The van der Waals surface area contributed by atoms with Crippen molar-refractivity contribution in [2.24, 2.45) is 0 Å². The molecule has 1 aliphatic heterocycles. The van der Waals surface area contributed by atoms with Gasteiger partial charge in [-0.15, -0.1) is 0 Å². The number of nitrogens with one attached hydrogen (secondary N) is 2. The molecule has 0 radical (unpaired) electrons. The summed E-state index contributed by atoms with van der Waals surface area (Å²) in [5.74, 6) is 0.0512. The van der Waals surface area contributed by atoms with Crippen LogP contribution in [0, 0.1) is 0 Å². The zero-order valence-corrected chi connectivity index (χ0v) is 9.78. The summed E-state index contributed by atoms with van der Waals surface area (Å²) in [7, 11) is 0. The molecule has 1 aromatic rings. The average Bonchev–Trinajstić information content (AvgIpc) is 2.90. The molecule has 1 saturated heterocycles. The van der Waals surface area contributed by atoms with Gasteiger partial charge in [0.15, 0.2) is 0 Å². The quantitative estimate of drug-likeness (QED) is 0.713. The van der Waals surface area contributed by atoms with E-state index in [4.69, 9.17) is 0 Å². The van der Waals surface area contributed by atoms with Crippen molar-refractivity contribution in [2.75, 3.05) is 6.54 Å². The molecule has 2 rings (SSSR count). The van der Waals surface area contributed by atoms with Crippen LogP contribution in [0.2, 0.25) is 0 Å². The Kier molecular flexibility index (Phi) is 4.12. The Morgan fingerprint density at radius 2 is 2.18 bits per heavy atom. The smallest absolute Gasteiger partial charge is 0.237 e. The number of hydrogen-bond donors (Lipinski definition) is 3. The highest BCUT2D eigenvalue weighted by molar-refractivity contribution is 5.82. The minimum absolute atomic E-state index is 0.00766. The molecule has 17 heavy (non-hydrogen) atoms. The summed E-state index contributed by atoms with van der Waals surface area (Å²) in [5.41, 5.74) is 1.84. The van der Waals surface area contributed by atoms with E-state index in [1.54, 1.807) is 0 Å². The third-order valence-corrected chi connectivity index (χ3v) is 3.12. The summed E-state index contributed by atoms with van der Waals surface area (Å²) in [4.78, 5) is 11.8. The molecule has 0 aromatic heterocycles. The van der Waals surface area contributed by atoms with Gasteiger partial charge in [-0.1, -0.05) is 24.3 Å². The minimum atomic E-state index is -0.0451. The van der Waals surface area contributed by atoms with Crippen LogP contribution in [-0.2, 0) is 17.9 Å². The Labute approximate surface area is 101 Å². The maximum absolute atomic E-state index is 11.8. The first-order valence-electron chi connectivity index (χ1n) is 6.00. The third kappa shape index (κ3) is 3.05. The highest BCUT2D eigenvalue weighted by atomic mass is 16.3. The van der Waals surface area contributed by atoms with Crippen LogP contribution >= 0.6 is 0 Å². The number of aliphatic hydroxyl groups is 1. The second-order valence-corrected chi connectivity index (χ2v) is 4.29. The number of carbonyl (C=O) groups excluding carboxylic acids is 1. The molecule has 3 N–H and O–H groups in total. The Morgan fingerprint density at radius 3 is 2.82 bits per heavy atom. The lowest BCUT2D eigenvalue weighted by atomic mass is 10.1. The van der Waals surface area contributed by atoms with Gasteiger partial charge in [0, 0.05) is 6.54 Å². The summed E-state index contributed by atoms with van der Waals surface area (Å²) in [5, 5.41) is 15.2. The summed E-state index contributed by atoms with van der Waals surface area (Å²) in [6, 6.07) is 7.55. The van der Waals surface area contributed by atoms with Crippen LogP contribution in [0.4, 0.5) is 0 Å². The van der Waals surface area contributed by atoms with E-state index in [9.17, 15) is 9.90 Å². The molecule has 4 heteroatoms. The first-order chi connectivity index (χ1) is 8.31. The van der Waals surface area contributed by atoms with Crippen LogP contribution < -0.4 is 10.6 Å². The van der Waals surface area contributed by atoms with Gasteiger partial charge in [-0.2, -0.15) is 0 Å². The molecule has 1 aliphatic rings. The topological polar surface area (TPSA) is 61.4 Å². The predicted octanol–water partition coefficient (Wildman–Crippen LogP) is 0.547. The van der Waals surface area contributed by atoms with Crippen molar-refractivity contribution in [1.29, 1.82) is 0 Å². The van der Waals surface area contributed by atoms with Gasteiger partial charge in [-0.3, -0.25) is 4.79 Å². The van der Waals surface area contributed by atoms with Gasteiger partial charge in [0.1, 0.15) is 0 Å². The van der Waals surface area contributed by atoms with E-state index in [2.05, 4.69) is 10.6 Å². The monoisotopic (exact) mass is 234 g/mol. The SMILES string of the molecule is O=C(NCc1ccccc1CO)[C@@H]1CCCN1. The van der Waals surface area contributed by atoms with Crippen molar-refractivity contribution in [2.45, 2.75) is 32.0 Å². The van der Waals surface area contributed by atoms with Crippen LogP contribution in [0.15, 0.2) is 24.3 Å². The van der Waals surface area contributed by atoms with Crippen molar-refractivity contribution >= 4 is 5.91 Å². The van der Waals surface area contributed by atoms with Gasteiger partial charge in [0.2, 0.25) is 5.91 Å². The first kappa shape index (κ1) is 12.1. The van der Waals surface area contributed by atoms with Gasteiger partial charge in [0.05, 0.1) is 12.6 Å². The zero-order chi connectivity index (χ0) is 12.1. The Balaban J connectivity index is 1.90. The van der Waals surface area contributed by atoms with Crippen LogP contribution in [0.25, 0.3) is 0 Å². The van der Waals surface area contributed by atoms with E-state index < -0.39 is 0 Å². The highest BCUT2D eigenvalue weighted by Gasteiger charge is 2.21. The average molecular weight is 234 g/mol. The van der Waals surface area contributed by atoms with Gasteiger partial charge in [0.25, 0.3) is 0 Å². The Morgan fingerprint density at radius 1 is 1.41 bits per heavy atom. The standard InChI is InChI=1S/C13H18N2O2/c16-9-11-5-2-1-4-10(11)8-15-13(17)12-6-3-7-14-12/h1-2,4-5,12,14,16H,3,6-9H2,(H,15,17)/t12-/m0/s1. The molecule has 0 unspecified atom stereocenters. The second kappa shape index (κ2) is 5.80. The molecule has 0 saturated carbocycles. The van der Waals surface area contributed by atoms with Crippen molar-refractivity contribution in [3.8, 4) is 0 Å². The summed E-state index contributed by atoms with van der Waals surface area (Å²) in [6.07, 6.45) is 1.97. The maximum Gasteiger partial charge on any atom is 0.237 e. The maximum atomic E-state index is 11.8. The number of hydrogen-bond acceptors (Lipinski definition) is 3. The third-order valence-electron chi connectivity index (χ3n) is 3.12. The van der Waals surface area contributed by atoms with Crippen molar-refractivity contribution in [1.82, 2.24) is 10.6 Å². The van der Waals surface area contributed by atoms with Crippen LogP contribution in [0.1, 0.15) is 24.0 Å². The number of carbonyl (C=O) groups is 1. The number of rotatable bonds is 4. The number of amides is 1. The van der Waals surface area contributed by atoms with Crippen LogP contribution in [-0.4, -0.2) is 23.6 Å². The Bertz CT molecular complexity index is 387. The molecule has 0 aliphatic carbocycles. The lowest BCUT2D eigenvalue weighted by molar-refractivity contribution is -0.122. The van der Waals surface area contributed by atoms with Crippen molar-refractivity contribution < 1.29 is 9.90 Å². The van der Waals surface area contributed by atoms with Crippen molar-refractivity contribution in [3.63, 3.8) is 0 Å². The largest absolute Gasteiger partial charge is 0.392 e. The molecular formula is C13H18N2O2. The highest BCUT2D eigenvalue weighted by Crippen LogP contribution is 2.09. The summed E-state index contributed by atoms with van der Waals surface area (Å²) < 4.78 is 0. The number of aliphatic hydroxyl groups excluding tert-OH is 1. The van der Waals surface area contributed by atoms with E-state index in [0.717, 1.165) is 30.5 Å². The normalized spacial score (nSPS) is 19.2. The summed E-state index contributed by atoms with van der Waals surface area (Å²) >= 11 is 0. The molecule has 0 spiro atoms. The van der Waals surface area contributed by atoms with Gasteiger partial charge < -0.3 is 15.7 Å². The van der Waals surface area contributed by atoms with E-state index >= 15 is 0 Å². The molecule has 1 aromatic carbocycles. The molecule has 92 valence electrons. The van der Waals surface area contributed by atoms with Gasteiger partial charge >= 0.3 is 0 Å². The predicted molar refractivity (Wildman–Crippen MR) is 65.2 cm³/mol. The van der Waals surface area contributed by atoms with Crippen molar-refractivity contribution in [3.05, 3.63) is 35.4 Å². The minimum Gasteiger partial charge on any atom is -0.392 e. The van der Waals surface area contributed by atoms with E-state index in [1.807, 2.05) is 24.3 Å². The zero-order valence-electron chi connectivity index (χ0n) is 9.78. The fourth-order valence-corrected chi connectivity index (χ4v) is 2.10. The molecule has 4 nitrogen and oxygen atoms in total. The lowest BCUT2D eigenvalue weighted by Gasteiger charge is -2.12. The molecule has 1 heterocycles. The molecule has 1 atom stereocenters. The fraction of sp³-hybridized carbons (Fsp3) is 0.462. The number of benzene rings is 1. The summed E-state index contributed by atoms with van der Waals surface area (Å²) in [6.45, 7) is 1.41. The first-order valence-corrected chi connectivity index (χ1v) is 6.00. The Hall–Kier alpha value is -1.39. The second-order valence-electron chi connectivity index (χ2n) is 4.29. The molecule has 0 bridgehead atoms. The van der Waals surface area contributed by atoms with Gasteiger partial charge in [-0.05, 0) is 30.5 Å². The molecule has 1 fully saturated rings. The van der Waals surface area contributed by atoms with Crippen LogP contribution in [0.3, 0.4) is 0 Å². The fourth-order valence-electron chi connectivity index (χ4n) is 2.10.